The van der Waals surface area contributed by atoms with Gasteiger partial charge < -0.3 is 10.1 Å². The Bertz CT molecular complexity index is 979. The number of anilines is 1. The van der Waals surface area contributed by atoms with Gasteiger partial charge in [0.05, 0.1) is 17.4 Å². The zero-order valence-corrected chi connectivity index (χ0v) is 16.3. The van der Waals surface area contributed by atoms with Crippen molar-refractivity contribution in [1.29, 1.82) is 0 Å². The third kappa shape index (κ3) is 4.67. The minimum atomic E-state index is -0.719. The van der Waals surface area contributed by atoms with Crippen LogP contribution in [0.5, 0.6) is 0 Å². The average Bonchev–Trinajstić information content (AvgIpc) is 3.14. The molecule has 0 aliphatic rings. The first-order chi connectivity index (χ1) is 14.0. The number of benzene rings is 2. The second kappa shape index (κ2) is 9.11. The summed E-state index contributed by atoms with van der Waals surface area (Å²) >= 11 is 0.726. The number of rotatable bonds is 7. The molecule has 0 saturated carbocycles. The predicted octanol–water partition coefficient (Wildman–Crippen LogP) is 4.60. The third-order valence-corrected chi connectivity index (χ3v) is 5.16. The molecule has 148 valence electrons. The number of nitro groups is 1. The van der Waals surface area contributed by atoms with Gasteiger partial charge in [0, 0.05) is 6.07 Å². The molecule has 8 heteroatoms. The highest BCUT2D eigenvalue weighted by molar-refractivity contribution is 7.19. The van der Waals surface area contributed by atoms with Gasteiger partial charge in [-0.1, -0.05) is 60.7 Å². The Morgan fingerprint density at radius 2 is 1.62 bits per heavy atom. The van der Waals surface area contributed by atoms with Crippen LogP contribution in [0, 0.1) is 10.1 Å². The number of nitrogens with zero attached hydrogens (tertiary/aromatic N) is 1. The van der Waals surface area contributed by atoms with Gasteiger partial charge >= 0.3 is 11.0 Å². The zero-order chi connectivity index (χ0) is 20.8. The van der Waals surface area contributed by atoms with Gasteiger partial charge in [-0.25, -0.2) is 4.79 Å². The summed E-state index contributed by atoms with van der Waals surface area (Å²) in [6, 6.07) is 19.5. The van der Waals surface area contributed by atoms with E-state index in [0.29, 0.717) is 0 Å². The highest BCUT2D eigenvalue weighted by atomic mass is 32.1. The van der Waals surface area contributed by atoms with Crippen LogP contribution in [0.3, 0.4) is 0 Å². The van der Waals surface area contributed by atoms with Crippen molar-refractivity contribution in [3.05, 3.63) is 93.5 Å². The highest BCUT2D eigenvalue weighted by Crippen LogP contribution is 2.36. The second-order valence-corrected chi connectivity index (χ2v) is 7.08. The Hall–Kier alpha value is -3.52. The van der Waals surface area contributed by atoms with E-state index in [9.17, 15) is 19.7 Å². The maximum Gasteiger partial charge on any atom is 0.341 e. The minimum absolute atomic E-state index is 0.0308. The standard InChI is InChI=1S/C21H18N2O5S/c1-2-28-21(25)16-13-17(23(26)27)29-20(16)22-19(24)18(14-9-5-3-6-10-14)15-11-7-4-8-12-15/h3-13,18H,2H2,1H3,(H,22,24). The molecule has 29 heavy (non-hydrogen) atoms. The normalized spacial score (nSPS) is 10.6. The predicted molar refractivity (Wildman–Crippen MR) is 110 cm³/mol. The van der Waals surface area contributed by atoms with Gasteiger partial charge in [0.25, 0.3) is 0 Å². The maximum atomic E-state index is 13.2. The number of amides is 1. The van der Waals surface area contributed by atoms with Crippen molar-refractivity contribution in [1.82, 2.24) is 0 Å². The Labute approximate surface area is 171 Å². The van der Waals surface area contributed by atoms with Crippen molar-refractivity contribution < 1.29 is 19.2 Å². The quantitative estimate of drug-likeness (QED) is 0.349. The van der Waals surface area contributed by atoms with Crippen LogP contribution in [0.1, 0.15) is 34.3 Å². The smallest absolute Gasteiger partial charge is 0.341 e. The number of carbonyl (C=O) groups excluding carboxylic acids is 2. The van der Waals surface area contributed by atoms with Crippen LogP contribution in [0.2, 0.25) is 0 Å². The van der Waals surface area contributed by atoms with Gasteiger partial charge in [-0.15, -0.1) is 0 Å². The van der Waals surface area contributed by atoms with Crippen molar-refractivity contribution >= 4 is 33.2 Å². The number of esters is 1. The van der Waals surface area contributed by atoms with Crippen LogP contribution in [-0.2, 0) is 9.53 Å². The van der Waals surface area contributed by atoms with Gasteiger partial charge in [-0.2, -0.15) is 0 Å². The molecule has 2 aromatic carbocycles. The summed E-state index contributed by atoms with van der Waals surface area (Å²) in [6.45, 7) is 1.75. The van der Waals surface area contributed by atoms with Gasteiger partial charge in [0.1, 0.15) is 10.6 Å². The lowest BCUT2D eigenvalue weighted by Gasteiger charge is -2.17. The molecule has 0 radical (unpaired) electrons. The first kappa shape index (κ1) is 20.2. The van der Waals surface area contributed by atoms with Crippen LogP contribution in [0.15, 0.2) is 66.7 Å². The first-order valence-electron chi connectivity index (χ1n) is 8.87. The molecular formula is C21H18N2O5S. The van der Waals surface area contributed by atoms with E-state index in [-0.39, 0.29) is 22.2 Å². The van der Waals surface area contributed by atoms with Crippen LogP contribution in [-0.4, -0.2) is 23.4 Å². The molecule has 0 unspecified atom stereocenters. The number of ether oxygens (including phenoxy) is 1. The molecule has 1 aromatic heterocycles. The van der Waals surface area contributed by atoms with Crippen molar-refractivity contribution in [3.63, 3.8) is 0 Å². The summed E-state index contributed by atoms with van der Waals surface area (Å²) in [5.41, 5.74) is 1.50. The average molecular weight is 410 g/mol. The van der Waals surface area contributed by atoms with E-state index in [1.165, 1.54) is 0 Å². The maximum absolute atomic E-state index is 13.2. The summed E-state index contributed by atoms with van der Waals surface area (Å²) in [7, 11) is 0. The van der Waals surface area contributed by atoms with Crippen LogP contribution in [0.25, 0.3) is 0 Å². The van der Waals surface area contributed by atoms with Crippen molar-refractivity contribution in [3.8, 4) is 0 Å². The largest absolute Gasteiger partial charge is 0.462 e. The van der Waals surface area contributed by atoms with E-state index in [1.54, 1.807) is 6.92 Å². The highest BCUT2D eigenvalue weighted by Gasteiger charge is 2.28. The molecule has 0 fully saturated rings. The summed E-state index contributed by atoms with van der Waals surface area (Å²) < 4.78 is 4.97. The zero-order valence-electron chi connectivity index (χ0n) is 15.5. The monoisotopic (exact) mass is 410 g/mol. The fraction of sp³-hybridized carbons (Fsp3) is 0.143. The Morgan fingerprint density at radius 1 is 1.07 bits per heavy atom. The number of carbonyl (C=O) groups is 2. The Kier molecular flexibility index (Phi) is 6.36. The fourth-order valence-electron chi connectivity index (χ4n) is 2.89. The lowest BCUT2D eigenvalue weighted by molar-refractivity contribution is -0.380. The van der Waals surface area contributed by atoms with Gasteiger partial charge in [0.2, 0.25) is 5.91 Å². The molecule has 0 bridgehead atoms. The van der Waals surface area contributed by atoms with Crippen LogP contribution >= 0.6 is 11.3 Å². The van der Waals surface area contributed by atoms with Crippen LogP contribution < -0.4 is 5.32 Å². The van der Waals surface area contributed by atoms with E-state index >= 15 is 0 Å². The van der Waals surface area contributed by atoms with Gasteiger partial charge in [-0.05, 0) is 29.4 Å². The number of nitrogens with one attached hydrogen (secondary N) is 1. The Balaban J connectivity index is 1.98. The van der Waals surface area contributed by atoms with E-state index in [1.807, 2.05) is 60.7 Å². The summed E-state index contributed by atoms with van der Waals surface area (Å²) in [4.78, 5) is 36.0. The Morgan fingerprint density at radius 3 is 2.10 bits per heavy atom. The first-order valence-corrected chi connectivity index (χ1v) is 9.69. The van der Waals surface area contributed by atoms with Crippen molar-refractivity contribution in [2.75, 3.05) is 11.9 Å². The molecule has 3 rings (SSSR count). The topological polar surface area (TPSA) is 98.5 Å². The number of hydrogen-bond acceptors (Lipinski definition) is 6. The van der Waals surface area contributed by atoms with Crippen LogP contribution in [0.4, 0.5) is 10.0 Å². The molecule has 0 atom stereocenters. The molecule has 1 N–H and O–H groups in total. The molecule has 0 aliphatic carbocycles. The lowest BCUT2D eigenvalue weighted by atomic mass is 9.90. The molecule has 1 amide bonds. The van der Waals surface area contributed by atoms with E-state index in [0.717, 1.165) is 28.5 Å². The summed E-state index contributed by atoms with van der Waals surface area (Å²) in [5.74, 6) is -1.76. The minimum Gasteiger partial charge on any atom is -0.462 e. The number of hydrogen-bond donors (Lipinski definition) is 1. The SMILES string of the molecule is CCOC(=O)c1cc([N+](=O)[O-])sc1NC(=O)C(c1ccccc1)c1ccccc1. The molecule has 1 heterocycles. The van der Waals surface area contributed by atoms with E-state index in [4.69, 9.17) is 4.74 Å². The molecule has 0 spiro atoms. The molecule has 7 nitrogen and oxygen atoms in total. The van der Waals surface area contributed by atoms with Gasteiger partial charge in [-0.3, -0.25) is 14.9 Å². The van der Waals surface area contributed by atoms with E-state index < -0.39 is 22.7 Å². The van der Waals surface area contributed by atoms with Crippen molar-refractivity contribution in [2.24, 2.45) is 0 Å². The van der Waals surface area contributed by atoms with Gasteiger partial charge in [0.15, 0.2) is 0 Å². The summed E-state index contributed by atoms with van der Waals surface area (Å²) in [6.07, 6.45) is 0. The molecule has 3 aromatic rings. The fourth-order valence-corrected chi connectivity index (χ4v) is 3.76. The lowest BCUT2D eigenvalue weighted by Crippen LogP contribution is -2.22. The van der Waals surface area contributed by atoms with E-state index in [2.05, 4.69) is 5.32 Å². The molecule has 0 aliphatic heterocycles. The van der Waals surface area contributed by atoms with Crippen molar-refractivity contribution in [2.45, 2.75) is 12.8 Å². The summed E-state index contributed by atoms with van der Waals surface area (Å²) in [5, 5.41) is 13.7. The third-order valence-electron chi connectivity index (χ3n) is 4.16. The number of thiophene rings is 1. The second-order valence-electron chi connectivity index (χ2n) is 6.05. The molecule has 0 saturated heterocycles. The molecular weight excluding hydrogens is 392 g/mol.